The summed E-state index contributed by atoms with van der Waals surface area (Å²) in [4.78, 5) is 11.9. The lowest BCUT2D eigenvalue weighted by Gasteiger charge is -2.10. The maximum absolute atomic E-state index is 11.9. The van der Waals surface area contributed by atoms with Gasteiger partial charge in [-0.1, -0.05) is 48.3 Å². The Morgan fingerprint density at radius 1 is 1.10 bits per heavy atom. The van der Waals surface area contributed by atoms with Gasteiger partial charge in [-0.15, -0.1) is 0 Å². The minimum atomic E-state index is -0.182. The molecule has 0 radical (unpaired) electrons. The van der Waals surface area contributed by atoms with Gasteiger partial charge >= 0.3 is 0 Å². The van der Waals surface area contributed by atoms with Crippen molar-refractivity contribution in [3.05, 3.63) is 58.1 Å². The molecule has 2 rings (SSSR count). The minimum Gasteiger partial charge on any atom is -0.376 e. The number of halogens is 2. The van der Waals surface area contributed by atoms with Crippen LogP contribution >= 0.6 is 23.2 Å². The molecule has 0 aromatic heterocycles. The topological polar surface area (TPSA) is 41.1 Å². The SMILES string of the molecule is CCc1ccc(NCC(=O)Nc2cccc(Cl)c2Cl)cc1. The van der Waals surface area contributed by atoms with Crippen molar-refractivity contribution in [3.63, 3.8) is 0 Å². The van der Waals surface area contributed by atoms with E-state index in [9.17, 15) is 4.79 Å². The van der Waals surface area contributed by atoms with E-state index in [2.05, 4.69) is 17.6 Å². The van der Waals surface area contributed by atoms with Crippen molar-refractivity contribution in [2.45, 2.75) is 13.3 Å². The number of rotatable bonds is 5. The van der Waals surface area contributed by atoms with Crippen molar-refractivity contribution >= 4 is 40.5 Å². The number of amides is 1. The minimum absolute atomic E-state index is 0.161. The maximum Gasteiger partial charge on any atom is 0.243 e. The van der Waals surface area contributed by atoms with Gasteiger partial charge in [0.1, 0.15) is 0 Å². The molecule has 0 saturated carbocycles. The summed E-state index contributed by atoms with van der Waals surface area (Å²) < 4.78 is 0. The molecule has 0 atom stereocenters. The summed E-state index contributed by atoms with van der Waals surface area (Å²) >= 11 is 11.9. The third kappa shape index (κ3) is 4.38. The molecule has 0 bridgehead atoms. The van der Waals surface area contributed by atoms with E-state index in [0.717, 1.165) is 12.1 Å². The average Bonchev–Trinajstić information content (AvgIpc) is 2.50. The molecule has 1 amide bonds. The van der Waals surface area contributed by atoms with Crippen LogP contribution in [-0.2, 0) is 11.2 Å². The summed E-state index contributed by atoms with van der Waals surface area (Å²) in [6.07, 6.45) is 0.994. The van der Waals surface area contributed by atoms with Gasteiger partial charge in [-0.25, -0.2) is 0 Å². The first-order valence-corrected chi connectivity index (χ1v) is 7.42. The van der Waals surface area contributed by atoms with Crippen LogP contribution in [0.3, 0.4) is 0 Å². The summed E-state index contributed by atoms with van der Waals surface area (Å²) in [6.45, 7) is 2.26. The van der Waals surface area contributed by atoms with Crippen molar-refractivity contribution in [2.24, 2.45) is 0 Å². The van der Waals surface area contributed by atoms with Gasteiger partial charge in [0.05, 0.1) is 22.3 Å². The summed E-state index contributed by atoms with van der Waals surface area (Å²) in [6, 6.07) is 13.1. The van der Waals surface area contributed by atoms with Gasteiger partial charge in [0.15, 0.2) is 0 Å². The molecule has 0 spiro atoms. The van der Waals surface area contributed by atoms with Crippen molar-refractivity contribution < 1.29 is 4.79 Å². The van der Waals surface area contributed by atoms with Gasteiger partial charge in [0.2, 0.25) is 5.91 Å². The van der Waals surface area contributed by atoms with Gasteiger partial charge in [0, 0.05) is 5.69 Å². The van der Waals surface area contributed by atoms with E-state index in [0.29, 0.717) is 15.7 Å². The molecule has 0 aliphatic heterocycles. The quantitative estimate of drug-likeness (QED) is 0.844. The number of aryl methyl sites for hydroxylation is 1. The Balaban J connectivity index is 1.91. The third-order valence-electron chi connectivity index (χ3n) is 3.04. The van der Waals surface area contributed by atoms with Gasteiger partial charge in [0.25, 0.3) is 0 Å². The molecular weight excluding hydrogens is 307 g/mol. The first kappa shape index (κ1) is 15.7. The monoisotopic (exact) mass is 322 g/mol. The molecule has 2 aromatic carbocycles. The standard InChI is InChI=1S/C16H16Cl2N2O/c1-2-11-6-8-12(9-7-11)19-10-15(21)20-14-5-3-4-13(17)16(14)18/h3-9,19H,2,10H2,1H3,(H,20,21). The van der Waals surface area contributed by atoms with Gasteiger partial charge < -0.3 is 10.6 Å². The lowest BCUT2D eigenvalue weighted by Crippen LogP contribution is -2.21. The molecule has 2 N–H and O–H groups in total. The van der Waals surface area contributed by atoms with E-state index in [-0.39, 0.29) is 12.5 Å². The predicted molar refractivity (Wildman–Crippen MR) is 89.4 cm³/mol. The fourth-order valence-electron chi connectivity index (χ4n) is 1.84. The van der Waals surface area contributed by atoms with Crippen molar-refractivity contribution in [3.8, 4) is 0 Å². The van der Waals surface area contributed by atoms with Gasteiger partial charge in [-0.05, 0) is 36.2 Å². The smallest absolute Gasteiger partial charge is 0.243 e. The number of anilines is 2. The molecule has 0 fully saturated rings. The molecule has 110 valence electrons. The van der Waals surface area contributed by atoms with E-state index in [4.69, 9.17) is 23.2 Å². The lowest BCUT2D eigenvalue weighted by molar-refractivity contribution is -0.114. The van der Waals surface area contributed by atoms with Crippen LogP contribution in [0.2, 0.25) is 10.0 Å². The predicted octanol–water partition coefficient (Wildman–Crippen LogP) is 4.61. The Labute approximate surface area is 134 Å². The molecule has 21 heavy (non-hydrogen) atoms. The molecule has 0 heterocycles. The summed E-state index contributed by atoms with van der Waals surface area (Å²) in [5.74, 6) is -0.182. The fraction of sp³-hybridized carbons (Fsp3) is 0.188. The highest BCUT2D eigenvalue weighted by atomic mass is 35.5. The van der Waals surface area contributed by atoms with Crippen LogP contribution in [0.1, 0.15) is 12.5 Å². The van der Waals surface area contributed by atoms with Crippen LogP contribution in [-0.4, -0.2) is 12.5 Å². The van der Waals surface area contributed by atoms with Crippen molar-refractivity contribution in [2.75, 3.05) is 17.2 Å². The Morgan fingerprint density at radius 2 is 1.81 bits per heavy atom. The second kappa shape index (κ2) is 7.34. The van der Waals surface area contributed by atoms with Crippen LogP contribution in [0, 0.1) is 0 Å². The second-order valence-electron chi connectivity index (χ2n) is 4.55. The highest BCUT2D eigenvalue weighted by Crippen LogP contribution is 2.29. The molecule has 5 heteroatoms. The van der Waals surface area contributed by atoms with Gasteiger partial charge in [-0.2, -0.15) is 0 Å². The molecule has 0 saturated heterocycles. The Morgan fingerprint density at radius 3 is 2.48 bits per heavy atom. The number of nitrogens with one attached hydrogen (secondary N) is 2. The first-order chi connectivity index (χ1) is 10.1. The zero-order chi connectivity index (χ0) is 15.2. The van der Waals surface area contributed by atoms with Crippen LogP contribution in [0.15, 0.2) is 42.5 Å². The van der Waals surface area contributed by atoms with E-state index in [1.165, 1.54) is 5.56 Å². The highest BCUT2D eigenvalue weighted by Gasteiger charge is 2.08. The van der Waals surface area contributed by atoms with E-state index >= 15 is 0 Å². The maximum atomic E-state index is 11.9. The summed E-state index contributed by atoms with van der Waals surface area (Å²) in [5, 5.41) is 6.55. The molecule has 0 aliphatic carbocycles. The van der Waals surface area contributed by atoms with E-state index < -0.39 is 0 Å². The number of benzene rings is 2. The zero-order valence-corrected chi connectivity index (χ0v) is 13.1. The van der Waals surface area contributed by atoms with Crippen molar-refractivity contribution in [1.82, 2.24) is 0 Å². The molecule has 0 aliphatic rings. The molecule has 2 aromatic rings. The largest absolute Gasteiger partial charge is 0.376 e. The first-order valence-electron chi connectivity index (χ1n) is 6.67. The number of hydrogen-bond acceptors (Lipinski definition) is 2. The average molecular weight is 323 g/mol. The second-order valence-corrected chi connectivity index (χ2v) is 5.34. The molecule has 0 unspecified atom stereocenters. The van der Waals surface area contributed by atoms with Crippen LogP contribution in [0.4, 0.5) is 11.4 Å². The molecular formula is C16H16Cl2N2O. The van der Waals surface area contributed by atoms with Crippen LogP contribution < -0.4 is 10.6 Å². The summed E-state index contributed by atoms with van der Waals surface area (Å²) in [5.41, 5.74) is 2.67. The van der Waals surface area contributed by atoms with Crippen molar-refractivity contribution in [1.29, 1.82) is 0 Å². The zero-order valence-electron chi connectivity index (χ0n) is 11.6. The third-order valence-corrected chi connectivity index (χ3v) is 3.86. The van der Waals surface area contributed by atoms with Gasteiger partial charge in [-0.3, -0.25) is 4.79 Å². The number of carbonyl (C=O) groups excluding carboxylic acids is 1. The number of carbonyl (C=O) groups is 1. The Hall–Kier alpha value is -1.71. The number of hydrogen-bond donors (Lipinski definition) is 2. The highest BCUT2D eigenvalue weighted by molar-refractivity contribution is 6.44. The normalized spacial score (nSPS) is 10.2. The Kier molecular flexibility index (Phi) is 5.48. The van der Waals surface area contributed by atoms with E-state index in [1.54, 1.807) is 18.2 Å². The molecule has 3 nitrogen and oxygen atoms in total. The Bertz CT molecular complexity index is 627. The van der Waals surface area contributed by atoms with E-state index in [1.807, 2.05) is 24.3 Å². The fourth-order valence-corrected chi connectivity index (χ4v) is 2.18. The lowest BCUT2D eigenvalue weighted by atomic mass is 10.1. The van der Waals surface area contributed by atoms with Crippen LogP contribution in [0.5, 0.6) is 0 Å². The van der Waals surface area contributed by atoms with Crippen LogP contribution in [0.25, 0.3) is 0 Å². The summed E-state index contributed by atoms with van der Waals surface area (Å²) in [7, 11) is 0.